The van der Waals surface area contributed by atoms with E-state index in [1.807, 2.05) is 56.3 Å². The van der Waals surface area contributed by atoms with Crippen molar-refractivity contribution in [3.8, 4) is 0 Å². The van der Waals surface area contributed by atoms with Crippen molar-refractivity contribution in [1.29, 1.82) is 0 Å². The summed E-state index contributed by atoms with van der Waals surface area (Å²) in [5.41, 5.74) is 1.55. The molecule has 9 nitrogen and oxygen atoms in total. The maximum Gasteiger partial charge on any atom is 0.282 e. The molecule has 1 aliphatic rings. The predicted molar refractivity (Wildman–Crippen MR) is 127 cm³/mol. The number of anilines is 3. The van der Waals surface area contributed by atoms with Crippen LogP contribution in [0.5, 0.6) is 0 Å². The summed E-state index contributed by atoms with van der Waals surface area (Å²) < 4.78 is 0. The summed E-state index contributed by atoms with van der Waals surface area (Å²) in [7, 11) is 0. The van der Waals surface area contributed by atoms with E-state index in [1.54, 1.807) is 12.1 Å². The number of hydrogen-bond donors (Lipinski definition) is 1. The zero-order chi connectivity index (χ0) is 24.4. The molecule has 0 unspecified atom stereocenters. The van der Waals surface area contributed by atoms with Crippen LogP contribution in [0.25, 0.3) is 0 Å². The number of hydrogen-bond acceptors (Lipinski definition) is 6. The van der Waals surface area contributed by atoms with E-state index in [0.717, 1.165) is 16.3 Å². The highest BCUT2D eigenvalue weighted by molar-refractivity contribution is 6.24. The van der Waals surface area contributed by atoms with Crippen molar-refractivity contribution in [3.05, 3.63) is 94.0 Å². The Morgan fingerprint density at radius 3 is 2.21 bits per heavy atom. The van der Waals surface area contributed by atoms with Gasteiger partial charge in [-0.2, -0.15) is 0 Å². The highest BCUT2D eigenvalue weighted by atomic mass is 16.6. The molecule has 1 aliphatic heterocycles. The van der Waals surface area contributed by atoms with Gasteiger partial charge in [0.1, 0.15) is 12.1 Å². The lowest BCUT2D eigenvalue weighted by Crippen LogP contribution is -2.45. The Morgan fingerprint density at radius 2 is 1.59 bits per heavy atom. The SMILES string of the molecule is CC(C)N(C(=O)CN1C(=O)c2cccc([N+](=O)[O-])c2C1=O)c1ccc(Nc2ccccc2)cc1. The first kappa shape index (κ1) is 22.7. The number of rotatable bonds is 7. The average molecular weight is 458 g/mol. The Kier molecular flexibility index (Phi) is 6.09. The molecule has 0 radical (unpaired) electrons. The Hall–Kier alpha value is -4.53. The summed E-state index contributed by atoms with van der Waals surface area (Å²) in [6, 6.07) is 20.4. The van der Waals surface area contributed by atoms with Gasteiger partial charge >= 0.3 is 0 Å². The first-order chi connectivity index (χ1) is 16.3. The quantitative estimate of drug-likeness (QED) is 0.319. The number of imide groups is 1. The lowest BCUT2D eigenvalue weighted by molar-refractivity contribution is -0.385. The number of amides is 3. The van der Waals surface area contributed by atoms with Crippen molar-refractivity contribution in [2.75, 3.05) is 16.8 Å². The Balaban J connectivity index is 1.54. The second-order valence-corrected chi connectivity index (χ2v) is 8.05. The van der Waals surface area contributed by atoms with Crippen molar-refractivity contribution in [2.24, 2.45) is 0 Å². The third-order valence-corrected chi connectivity index (χ3v) is 5.46. The molecule has 34 heavy (non-hydrogen) atoms. The third kappa shape index (κ3) is 4.23. The van der Waals surface area contributed by atoms with Crippen LogP contribution in [-0.4, -0.2) is 40.1 Å². The fourth-order valence-electron chi connectivity index (χ4n) is 3.95. The van der Waals surface area contributed by atoms with Crippen LogP contribution < -0.4 is 10.2 Å². The second-order valence-electron chi connectivity index (χ2n) is 8.05. The zero-order valence-corrected chi connectivity index (χ0v) is 18.6. The van der Waals surface area contributed by atoms with Gasteiger partial charge in [0.2, 0.25) is 5.91 Å². The molecule has 0 saturated heterocycles. The van der Waals surface area contributed by atoms with E-state index in [9.17, 15) is 24.5 Å². The van der Waals surface area contributed by atoms with E-state index in [0.29, 0.717) is 5.69 Å². The summed E-state index contributed by atoms with van der Waals surface area (Å²) in [6.07, 6.45) is 0. The van der Waals surface area contributed by atoms with Crippen molar-refractivity contribution < 1.29 is 19.3 Å². The number of nitro groups is 1. The van der Waals surface area contributed by atoms with Gasteiger partial charge in [-0.1, -0.05) is 24.3 Å². The van der Waals surface area contributed by atoms with Crippen LogP contribution in [-0.2, 0) is 4.79 Å². The zero-order valence-electron chi connectivity index (χ0n) is 18.6. The minimum absolute atomic E-state index is 0.0700. The molecule has 0 atom stereocenters. The lowest BCUT2D eigenvalue weighted by atomic mass is 10.1. The van der Waals surface area contributed by atoms with Gasteiger partial charge in [-0.25, -0.2) is 0 Å². The van der Waals surface area contributed by atoms with Crippen LogP contribution in [0.3, 0.4) is 0 Å². The maximum absolute atomic E-state index is 13.2. The molecular formula is C25H22N4O5. The third-order valence-electron chi connectivity index (χ3n) is 5.46. The van der Waals surface area contributed by atoms with Crippen LogP contribution in [0, 0.1) is 10.1 Å². The van der Waals surface area contributed by atoms with E-state index >= 15 is 0 Å². The van der Waals surface area contributed by atoms with Crippen LogP contribution in [0.1, 0.15) is 34.6 Å². The minimum Gasteiger partial charge on any atom is -0.356 e. The van der Waals surface area contributed by atoms with Crippen molar-refractivity contribution in [2.45, 2.75) is 19.9 Å². The van der Waals surface area contributed by atoms with Gasteiger partial charge in [-0.05, 0) is 56.3 Å². The van der Waals surface area contributed by atoms with Crippen molar-refractivity contribution >= 4 is 40.5 Å². The van der Waals surface area contributed by atoms with Gasteiger partial charge in [-0.3, -0.25) is 29.4 Å². The number of nitrogens with zero attached hydrogens (tertiary/aromatic N) is 3. The summed E-state index contributed by atoms with van der Waals surface area (Å²) in [6.45, 7) is 3.12. The molecule has 0 aliphatic carbocycles. The molecule has 0 aromatic heterocycles. The first-order valence-corrected chi connectivity index (χ1v) is 10.7. The van der Waals surface area contributed by atoms with Gasteiger partial charge in [0.05, 0.1) is 10.5 Å². The van der Waals surface area contributed by atoms with Crippen LogP contribution in [0.4, 0.5) is 22.7 Å². The standard InChI is InChI=1S/C25H22N4O5/c1-16(2)28(19-13-11-18(12-14-19)26-17-7-4-3-5-8-17)22(30)15-27-24(31)20-9-6-10-21(29(33)34)23(20)25(27)32/h3-14,16,26H,15H2,1-2H3. The number of carbonyl (C=O) groups is 3. The summed E-state index contributed by atoms with van der Waals surface area (Å²) >= 11 is 0. The minimum atomic E-state index is -0.841. The van der Waals surface area contributed by atoms with E-state index in [1.165, 1.54) is 23.1 Å². The van der Waals surface area contributed by atoms with Gasteiger partial charge in [-0.15, -0.1) is 0 Å². The normalized spacial score (nSPS) is 12.6. The summed E-state index contributed by atoms with van der Waals surface area (Å²) in [5.74, 6) is -2.04. The molecule has 1 N–H and O–H groups in total. The molecule has 9 heteroatoms. The van der Waals surface area contributed by atoms with E-state index in [2.05, 4.69) is 5.32 Å². The maximum atomic E-state index is 13.2. The molecule has 3 aromatic rings. The van der Waals surface area contributed by atoms with Gasteiger partial charge in [0, 0.05) is 29.2 Å². The van der Waals surface area contributed by atoms with Crippen molar-refractivity contribution in [3.63, 3.8) is 0 Å². The number of para-hydroxylation sites is 1. The predicted octanol–water partition coefficient (Wildman–Crippen LogP) is 4.38. The largest absolute Gasteiger partial charge is 0.356 e. The number of benzene rings is 3. The van der Waals surface area contributed by atoms with Crippen LogP contribution in [0.15, 0.2) is 72.8 Å². The number of fused-ring (bicyclic) bond motifs is 1. The molecule has 0 spiro atoms. The molecule has 3 amide bonds. The Bertz CT molecular complexity index is 1270. The highest BCUT2D eigenvalue weighted by Gasteiger charge is 2.42. The smallest absolute Gasteiger partial charge is 0.282 e. The van der Waals surface area contributed by atoms with Gasteiger partial charge in [0.25, 0.3) is 17.5 Å². The lowest BCUT2D eigenvalue weighted by Gasteiger charge is -2.28. The number of nitrogens with one attached hydrogen (secondary N) is 1. The highest BCUT2D eigenvalue weighted by Crippen LogP contribution is 2.31. The monoisotopic (exact) mass is 458 g/mol. The summed E-state index contributed by atoms with van der Waals surface area (Å²) in [5, 5.41) is 14.6. The van der Waals surface area contributed by atoms with E-state index in [4.69, 9.17) is 0 Å². The van der Waals surface area contributed by atoms with Crippen LogP contribution in [0.2, 0.25) is 0 Å². The average Bonchev–Trinajstić information content (AvgIpc) is 3.05. The molecule has 172 valence electrons. The van der Waals surface area contributed by atoms with Crippen molar-refractivity contribution in [1.82, 2.24) is 4.90 Å². The molecule has 0 fully saturated rings. The molecule has 0 saturated carbocycles. The van der Waals surface area contributed by atoms with E-state index in [-0.39, 0.29) is 17.2 Å². The first-order valence-electron chi connectivity index (χ1n) is 10.7. The van der Waals surface area contributed by atoms with Gasteiger partial charge < -0.3 is 10.2 Å². The summed E-state index contributed by atoms with van der Waals surface area (Å²) in [4.78, 5) is 51.7. The molecular weight excluding hydrogens is 436 g/mol. The second kappa shape index (κ2) is 9.14. The Labute approximate surface area is 195 Å². The van der Waals surface area contributed by atoms with E-state index < -0.39 is 34.9 Å². The Morgan fingerprint density at radius 1 is 0.941 bits per heavy atom. The number of carbonyl (C=O) groups excluding carboxylic acids is 3. The molecule has 3 aromatic carbocycles. The number of nitro benzene ring substituents is 1. The molecule has 1 heterocycles. The fraction of sp³-hybridized carbons (Fsp3) is 0.160. The topological polar surface area (TPSA) is 113 Å². The fourth-order valence-corrected chi connectivity index (χ4v) is 3.95. The molecule has 4 rings (SSSR count). The molecule has 0 bridgehead atoms. The van der Waals surface area contributed by atoms with Crippen LogP contribution >= 0.6 is 0 Å². The van der Waals surface area contributed by atoms with Gasteiger partial charge in [0.15, 0.2) is 0 Å².